The van der Waals surface area contributed by atoms with Gasteiger partial charge in [-0.05, 0) is 54.4 Å². The fraction of sp³-hybridized carbons (Fsp3) is 0.360. The zero-order valence-corrected chi connectivity index (χ0v) is 19.0. The van der Waals surface area contributed by atoms with Crippen LogP contribution in [0.1, 0.15) is 30.0 Å². The van der Waals surface area contributed by atoms with Gasteiger partial charge in [-0.25, -0.2) is 13.8 Å². The quantitative estimate of drug-likeness (QED) is 0.562. The summed E-state index contributed by atoms with van der Waals surface area (Å²) in [5, 5.41) is 19.5. The molecule has 0 spiro atoms. The van der Waals surface area contributed by atoms with Crippen molar-refractivity contribution < 1.29 is 18.3 Å². The predicted octanol–water partition coefficient (Wildman–Crippen LogP) is 3.47. The first-order valence-electron chi connectivity index (χ1n) is 11.4. The number of hydrogen-bond donors (Lipinski definition) is 2. The molecule has 1 aliphatic carbocycles. The summed E-state index contributed by atoms with van der Waals surface area (Å²) in [4.78, 5) is 16.9. The third-order valence-corrected chi connectivity index (χ3v) is 6.37. The van der Waals surface area contributed by atoms with E-state index in [1.807, 2.05) is 25.4 Å². The minimum atomic E-state index is -3.01. The number of carbonyl (C=O) groups excluding carboxylic acids is 1. The van der Waals surface area contributed by atoms with Gasteiger partial charge in [-0.3, -0.25) is 9.48 Å². The van der Waals surface area contributed by atoms with Crippen molar-refractivity contribution in [2.24, 2.45) is 13.0 Å². The Kier molecular flexibility index (Phi) is 5.94. The van der Waals surface area contributed by atoms with E-state index < -0.39 is 18.6 Å². The molecule has 0 bridgehead atoms. The number of hydrogen-bond acceptors (Lipinski definition) is 6. The van der Waals surface area contributed by atoms with Crippen LogP contribution in [0.15, 0.2) is 48.8 Å². The van der Waals surface area contributed by atoms with Crippen LogP contribution in [0.4, 0.5) is 14.6 Å². The van der Waals surface area contributed by atoms with E-state index in [2.05, 4.69) is 20.7 Å². The molecule has 1 unspecified atom stereocenters. The van der Waals surface area contributed by atoms with Crippen molar-refractivity contribution in [1.29, 1.82) is 5.26 Å². The number of nitrogens with zero attached hydrogens (tertiary/aromatic N) is 4. The van der Waals surface area contributed by atoms with Gasteiger partial charge in [0.1, 0.15) is 17.6 Å². The van der Waals surface area contributed by atoms with Gasteiger partial charge in [-0.2, -0.15) is 10.4 Å². The number of rotatable bonds is 6. The molecule has 2 fully saturated rings. The van der Waals surface area contributed by atoms with Gasteiger partial charge in [0.2, 0.25) is 5.91 Å². The van der Waals surface area contributed by atoms with Crippen LogP contribution in [0.2, 0.25) is 0 Å². The highest BCUT2D eigenvalue weighted by Crippen LogP contribution is 2.47. The van der Waals surface area contributed by atoms with E-state index in [4.69, 9.17) is 4.74 Å². The summed E-state index contributed by atoms with van der Waals surface area (Å²) in [5.41, 5.74) is 2.47. The molecule has 10 heteroatoms. The number of aromatic nitrogens is 3. The molecule has 2 aromatic heterocycles. The lowest BCUT2D eigenvalue weighted by Gasteiger charge is -2.32. The number of piperidine rings is 1. The van der Waals surface area contributed by atoms with Gasteiger partial charge in [-0.1, -0.05) is 6.07 Å². The molecular formula is C25H24F2N6O2. The Labute approximate surface area is 200 Å². The smallest absolute Gasteiger partial charge is 0.296 e. The number of anilines is 1. The molecule has 1 saturated heterocycles. The number of ether oxygens (including phenoxy) is 1. The number of halogens is 2. The summed E-state index contributed by atoms with van der Waals surface area (Å²) in [6.07, 6.45) is 3.03. The van der Waals surface area contributed by atoms with Gasteiger partial charge in [0.15, 0.2) is 6.10 Å². The molecule has 3 heterocycles. The Morgan fingerprint density at radius 2 is 2.11 bits per heavy atom. The molecule has 8 nitrogen and oxygen atoms in total. The van der Waals surface area contributed by atoms with Crippen LogP contribution in [0.3, 0.4) is 0 Å². The number of amides is 1. The molecule has 0 radical (unpaired) electrons. The topological polar surface area (TPSA) is 105 Å². The van der Waals surface area contributed by atoms with E-state index >= 15 is 0 Å². The van der Waals surface area contributed by atoms with Crippen LogP contribution in [0.25, 0.3) is 11.1 Å². The molecule has 1 amide bonds. The first kappa shape index (κ1) is 22.9. The van der Waals surface area contributed by atoms with E-state index in [-0.39, 0.29) is 35.5 Å². The number of pyridine rings is 1. The summed E-state index contributed by atoms with van der Waals surface area (Å²) in [6.45, 7) is -0.0260. The van der Waals surface area contributed by atoms with Crippen LogP contribution in [-0.4, -0.2) is 45.8 Å². The van der Waals surface area contributed by atoms with Gasteiger partial charge in [0, 0.05) is 37.7 Å². The Bertz CT molecular complexity index is 1300. The Balaban J connectivity index is 1.29. The Morgan fingerprint density at radius 1 is 1.29 bits per heavy atom. The zero-order valence-electron chi connectivity index (χ0n) is 19.0. The molecule has 3 aromatic rings. The van der Waals surface area contributed by atoms with Crippen LogP contribution < -0.4 is 15.4 Å². The van der Waals surface area contributed by atoms with E-state index in [0.717, 1.165) is 17.7 Å². The second-order valence-corrected chi connectivity index (χ2v) is 8.94. The number of aryl methyl sites for hydroxylation is 1. The SMILES string of the molecule is Cn1ccc([C@H]2C[C@@H]2C(=O)Nc2cc(-c3ccc(OC4CCNCC4(F)F)c(C#N)c3)ccn2)n1. The Morgan fingerprint density at radius 3 is 2.86 bits per heavy atom. The summed E-state index contributed by atoms with van der Waals surface area (Å²) in [7, 11) is 1.84. The minimum Gasteiger partial charge on any atom is -0.483 e. The predicted molar refractivity (Wildman–Crippen MR) is 124 cm³/mol. The summed E-state index contributed by atoms with van der Waals surface area (Å²) in [5.74, 6) is -2.65. The normalized spacial score (nSPS) is 22.7. The first-order chi connectivity index (χ1) is 16.8. The minimum absolute atomic E-state index is 0.109. The van der Waals surface area contributed by atoms with Crippen LogP contribution in [0, 0.1) is 17.2 Å². The van der Waals surface area contributed by atoms with Gasteiger partial charge in [0.05, 0.1) is 17.8 Å². The van der Waals surface area contributed by atoms with E-state index in [1.165, 1.54) is 6.07 Å². The van der Waals surface area contributed by atoms with Crippen LogP contribution >= 0.6 is 0 Å². The number of nitrogens with one attached hydrogen (secondary N) is 2. The Hall–Kier alpha value is -3.84. The summed E-state index contributed by atoms with van der Waals surface area (Å²) < 4.78 is 35.6. The highest BCUT2D eigenvalue weighted by atomic mass is 19.3. The molecule has 1 aliphatic heterocycles. The standard InChI is InChI=1S/C25H24F2N6O2/c1-33-9-6-20(32-33)18-12-19(18)24(34)31-23-11-16(4-8-30-23)15-2-3-21(17(10-15)13-28)35-22-5-7-29-14-25(22,26)27/h2-4,6,8-11,18-19,22,29H,5,7,12,14H2,1H3,(H,30,31,34)/t18-,19-,22?/m0/s1. The third-order valence-electron chi connectivity index (χ3n) is 6.37. The van der Waals surface area contributed by atoms with Crippen molar-refractivity contribution in [3.05, 3.63) is 60.0 Å². The lowest BCUT2D eigenvalue weighted by Crippen LogP contribution is -2.52. The molecule has 1 saturated carbocycles. The number of benzene rings is 1. The monoisotopic (exact) mass is 478 g/mol. The molecule has 180 valence electrons. The van der Waals surface area contributed by atoms with Crippen LogP contribution in [-0.2, 0) is 11.8 Å². The zero-order chi connectivity index (χ0) is 24.6. The average molecular weight is 479 g/mol. The van der Waals surface area contributed by atoms with Gasteiger partial charge in [-0.15, -0.1) is 0 Å². The van der Waals surface area contributed by atoms with Gasteiger partial charge < -0.3 is 15.4 Å². The van der Waals surface area contributed by atoms with E-state index in [1.54, 1.807) is 35.1 Å². The number of carbonyl (C=O) groups is 1. The van der Waals surface area contributed by atoms with Gasteiger partial charge >= 0.3 is 0 Å². The maximum Gasteiger partial charge on any atom is 0.296 e. The molecule has 2 aliphatic rings. The first-order valence-corrected chi connectivity index (χ1v) is 11.4. The summed E-state index contributed by atoms with van der Waals surface area (Å²) in [6, 6.07) is 12.3. The third kappa shape index (κ3) is 4.86. The average Bonchev–Trinajstić information content (AvgIpc) is 3.54. The van der Waals surface area contributed by atoms with E-state index in [9.17, 15) is 18.8 Å². The lowest BCUT2D eigenvalue weighted by molar-refractivity contribution is -0.117. The summed E-state index contributed by atoms with van der Waals surface area (Å²) >= 11 is 0. The number of nitriles is 1. The van der Waals surface area contributed by atoms with Gasteiger partial charge in [0.25, 0.3) is 5.92 Å². The molecule has 1 aromatic carbocycles. The highest BCUT2D eigenvalue weighted by Gasteiger charge is 2.45. The lowest BCUT2D eigenvalue weighted by atomic mass is 10.0. The largest absolute Gasteiger partial charge is 0.483 e. The van der Waals surface area contributed by atoms with Crippen molar-refractivity contribution >= 4 is 11.7 Å². The van der Waals surface area contributed by atoms with Crippen molar-refractivity contribution in [3.8, 4) is 22.9 Å². The molecule has 3 atom stereocenters. The van der Waals surface area contributed by atoms with Crippen molar-refractivity contribution in [3.63, 3.8) is 0 Å². The van der Waals surface area contributed by atoms with Crippen LogP contribution in [0.5, 0.6) is 5.75 Å². The second-order valence-electron chi connectivity index (χ2n) is 8.94. The molecular weight excluding hydrogens is 454 g/mol. The maximum absolute atomic E-state index is 14.1. The molecule has 2 N–H and O–H groups in total. The van der Waals surface area contributed by atoms with E-state index in [0.29, 0.717) is 17.9 Å². The highest BCUT2D eigenvalue weighted by molar-refractivity contribution is 5.94. The van der Waals surface area contributed by atoms with Crippen molar-refractivity contribution in [1.82, 2.24) is 20.1 Å². The second kappa shape index (κ2) is 9.07. The van der Waals surface area contributed by atoms with Crippen molar-refractivity contribution in [2.45, 2.75) is 30.8 Å². The fourth-order valence-electron chi connectivity index (χ4n) is 4.35. The maximum atomic E-state index is 14.1. The molecule has 35 heavy (non-hydrogen) atoms. The molecule has 5 rings (SSSR count). The van der Waals surface area contributed by atoms with Crippen molar-refractivity contribution in [2.75, 3.05) is 18.4 Å². The number of alkyl halides is 2. The fourth-order valence-corrected chi connectivity index (χ4v) is 4.35.